The number of rotatable bonds is 70. The van der Waals surface area contributed by atoms with Crippen molar-refractivity contribution >= 4 is 39.5 Å². The molecule has 3 N–H and O–H groups in total. The van der Waals surface area contributed by atoms with Gasteiger partial charge in [-0.3, -0.25) is 37.3 Å². The minimum Gasteiger partial charge on any atom is -0.462 e. The van der Waals surface area contributed by atoms with Gasteiger partial charge < -0.3 is 33.8 Å². The van der Waals surface area contributed by atoms with Crippen LogP contribution in [0, 0.1) is 5.92 Å². The summed E-state index contributed by atoms with van der Waals surface area (Å²) in [5, 5.41) is 10.6. The van der Waals surface area contributed by atoms with Crippen LogP contribution in [-0.4, -0.2) is 96.7 Å². The van der Waals surface area contributed by atoms with Crippen LogP contribution in [0.3, 0.4) is 0 Å². The number of carbonyl (C=O) groups is 4. The van der Waals surface area contributed by atoms with Crippen molar-refractivity contribution < 1.29 is 80.2 Å². The highest BCUT2D eigenvalue weighted by Gasteiger charge is 2.30. The number of hydrogen-bond donors (Lipinski definition) is 3. The van der Waals surface area contributed by atoms with Gasteiger partial charge in [0.25, 0.3) is 0 Å². The van der Waals surface area contributed by atoms with Crippen LogP contribution in [0.15, 0.2) is 0 Å². The summed E-state index contributed by atoms with van der Waals surface area (Å²) in [4.78, 5) is 72.5. The molecule has 0 radical (unpaired) electrons. The molecule has 0 bridgehead atoms. The van der Waals surface area contributed by atoms with Gasteiger partial charge in [0.2, 0.25) is 0 Å². The van der Waals surface area contributed by atoms with E-state index >= 15 is 0 Å². The van der Waals surface area contributed by atoms with Gasteiger partial charge in [-0.25, -0.2) is 9.13 Å². The van der Waals surface area contributed by atoms with Crippen LogP contribution in [0.4, 0.5) is 0 Å². The Kier molecular flexibility index (Phi) is 62.1. The third-order valence-corrected chi connectivity index (χ3v) is 18.2. The van der Waals surface area contributed by atoms with E-state index in [1.54, 1.807) is 0 Å². The van der Waals surface area contributed by atoms with E-state index in [1.807, 2.05) is 0 Å². The Morgan fingerprint density at radius 3 is 0.764 bits per heavy atom. The maximum absolute atomic E-state index is 13.0. The fourth-order valence-corrected chi connectivity index (χ4v) is 12.2. The van der Waals surface area contributed by atoms with Gasteiger partial charge in [-0.05, 0) is 31.6 Å². The molecule has 0 aromatic rings. The maximum Gasteiger partial charge on any atom is 0.472 e. The predicted octanol–water partition coefficient (Wildman–Crippen LogP) is 20.1. The number of carbonyl (C=O) groups excluding carboxylic acids is 4. The Hall–Kier alpha value is -1.94. The SMILES string of the molecule is CCCCCCCCCCCCCCCCCC(=O)OC[C@H](COP(=O)(O)OC[C@@H](O)COP(=O)(O)OC[C@@H](COC(=O)CCCCCCCCCC)OC(=O)CCCCCCCCCCC(C)C)OC(=O)CCCCCCCCCCCCCCCCC. The fourth-order valence-electron chi connectivity index (χ4n) is 10.6. The van der Waals surface area contributed by atoms with Crippen LogP contribution < -0.4 is 0 Å². The van der Waals surface area contributed by atoms with Crippen molar-refractivity contribution in [3.05, 3.63) is 0 Å². The molecule has 17 nitrogen and oxygen atoms in total. The molecule has 528 valence electrons. The first-order valence-electron chi connectivity index (χ1n) is 36.6. The second kappa shape index (κ2) is 63.5. The van der Waals surface area contributed by atoms with E-state index in [9.17, 15) is 43.2 Å². The highest BCUT2D eigenvalue weighted by Crippen LogP contribution is 2.45. The average molecular weight is 1310 g/mol. The van der Waals surface area contributed by atoms with Crippen LogP contribution in [0.25, 0.3) is 0 Å². The van der Waals surface area contributed by atoms with Crippen molar-refractivity contribution in [2.75, 3.05) is 39.6 Å². The quantitative estimate of drug-likeness (QED) is 0.0222. The smallest absolute Gasteiger partial charge is 0.462 e. The lowest BCUT2D eigenvalue weighted by molar-refractivity contribution is -0.161. The summed E-state index contributed by atoms with van der Waals surface area (Å²) < 4.78 is 68.2. The number of phosphoric ester groups is 2. The molecular weight excluding hydrogens is 1170 g/mol. The van der Waals surface area contributed by atoms with Crippen molar-refractivity contribution in [3.63, 3.8) is 0 Å². The van der Waals surface area contributed by atoms with E-state index in [-0.39, 0.29) is 25.7 Å². The number of ether oxygens (including phenoxy) is 4. The molecule has 19 heteroatoms. The Bertz CT molecular complexity index is 1720. The second-order valence-corrected chi connectivity index (χ2v) is 28.7. The zero-order chi connectivity index (χ0) is 65.6. The summed E-state index contributed by atoms with van der Waals surface area (Å²) >= 11 is 0. The van der Waals surface area contributed by atoms with Gasteiger partial charge in [0.15, 0.2) is 12.2 Å². The molecule has 0 aromatic carbocycles. The van der Waals surface area contributed by atoms with Crippen LogP contribution in [-0.2, 0) is 65.4 Å². The number of phosphoric acid groups is 2. The first-order valence-corrected chi connectivity index (χ1v) is 39.6. The summed E-state index contributed by atoms with van der Waals surface area (Å²) in [5.74, 6) is -1.41. The molecule has 0 rings (SSSR count). The first kappa shape index (κ1) is 87.1. The number of unbranched alkanes of at least 4 members (excludes halogenated alkanes) is 42. The van der Waals surface area contributed by atoms with Crippen LogP contribution in [0.5, 0.6) is 0 Å². The lowest BCUT2D eigenvalue weighted by atomic mass is 10.0. The van der Waals surface area contributed by atoms with E-state index in [2.05, 4.69) is 34.6 Å². The molecule has 0 saturated heterocycles. The monoisotopic (exact) mass is 1310 g/mol. The molecule has 0 aromatic heterocycles. The van der Waals surface area contributed by atoms with Crippen molar-refractivity contribution in [2.24, 2.45) is 5.92 Å². The Morgan fingerprint density at radius 2 is 0.517 bits per heavy atom. The first-order chi connectivity index (χ1) is 43.0. The van der Waals surface area contributed by atoms with Crippen molar-refractivity contribution in [1.29, 1.82) is 0 Å². The van der Waals surface area contributed by atoms with Crippen molar-refractivity contribution in [2.45, 2.75) is 380 Å². The zero-order valence-electron chi connectivity index (χ0n) is 57.6. The van der Waals surface area contributed by atoms with E-state index in [4.69, 9.17) is 37.0 Å². The Balaban J connectivity index is 5.22. The highest BCUT2D eigenvalue weighted by molar-refractivity contribution is 7.47. The third-order valence-electron chi connectivity index (χ3n) is 16.3. The Labute approximate surface area is 543 Å². The number of aliphatic hydroxyl groups is 1. The second-order valence-electron chi connectivity index (χ2n) is 25.7. The summed E-state index contributed by atoms with van der Waals surface area (Å²) in [6.07, 6.45) is 50.0. The van der Waals surface area contributed by atoms with Gasteiger partial charge >= 0.3 is 39.5 Å². The van der Waals surface area contributed by atoms with Gasteiger partial charge in [0.05, 0.1) is 26.4 Å². The Morgan fingerprint density at radius 1 is 0.303 bits per heavy atom. The molecule has 0 aliphatic rings. The molecule has 0 saturated carbocycles. The highest BCUT2D eigenvalue weighted by atomic mass is 31.2. The molecule has 0 fully saturated rings. The van der Waals surface area contributed by atoms with E-state index < -0.39 is 97.5 Å². The summed E-state index contributed by atoms with van der Waals surface area (Å²) in [7, 11) is -9.89. The molecule has 2 unspecified atom stereocenters. The van der Waals surface area contributed by atoms with Crippen molar-refractivity contribution in [1.82, 2.24) is 0 Å². The molecule has 0 aliphatic carbocycles. The summed E-state index contributed by atoms with van der Waals surface area (Å²) in [6.45, 7) is 7.19. The molecule has 5 atom stereocenters. The average Bonchev–Trinajstić information content (AvgIpc) is 3.70. The third kappa shape index (κ3) is 64.6. The van der Waals surface area contributed by atoms with Gasteiger partial charge in [-0.15, -0.1) is 0 Å². The molecule has 0 amide bonds. The summed E-state index contributed by atoms with van der Waals surface area (Å²) in [6, 6.07) is 0. The number of hydrogen-bond acceptors (Lipinski definition) is 15. The largest absolute Gasteiger partial charge is 0.472 e. The van der Waals surface area contributed by atoms with Gasteiger partial charge in [-0.2, -0.15) is 0 Å². The van der Waals surface area contributed by atoms with Crippen molar-refractivity contribution in [3.8, 4) is 0 Å². The van der Waals surface area contributed by atoms with E-state index in [0.29, 0.717) is 25.7 Å². The molecule has 0 spiro atoms. The number of esters is 4. The standard InChI is InChI=1S/C70H136O17P2/c1-6-9-12-15-18-21-23-25-27-29-31-33-39-44-49-54-68(73)81-60-66(86-69(74)55-50-45-40-34-32-30-28-26-24-22-19-16-13-10-7-2)62-85-89(78,79)83-58-64(71)57-82-88(76,77)84-61-65(59-80-67(72)53-48-43-38-20-17-14-11-8-3)87-70(75)56-51-46-41-36-35-37-42-47-52-63(4)5/h63-66,71H,6-62H2,1-5H3,(H,76,77)(H,78,79)/t64-,65+,66+/m0/s1. The van der Waals surface area contributed by atoms with E-state index in [0.717, 1.165) is 102 Å². The van der Waals surface area contributed by atoms with Crippen LogP contribution in [0.1, 0.15) is 362 Å². The molecule has 0 aliphatic heterocycles. The maximum atomic E-state index is 13.0. The summed E-state index contributed by atoms with van der Waals surface area (Å²) in [5.41, 5.74) is 0. The van der Waals surface area contributed by atoms with E-state index in [1.165, 1.54) is 180 Å². The molecular formula is C70H136O17P2. The zero-order valence-corrected chi connectivity index (χ0v) is 59.4. The topological polar surface area (TPSA) is 237 Å². The lowest BCUT2D eigenvalue weighted by Crippen LogP contribution is -2.30. The van der Waals surface area contributed by atoms with Gasteiger partial charge in [0.1, 0.15) is 19.3 Å². The normalized spacial score (nSPS) is 14.1. The minimum atomic E-state index is -4.95. The van der Waals surface area contributed by atoms with Crippen LogP contribution >= 0.6 is 15.6 Å². The fraction of sp³-hybridized carbons (Fsp3) is 0.943. The predicted molar refractivity (Wildman–Crippen MR) is 358 cm³/mol. The minimum absolute atomic E-state index is 0.105. The van der Waals surface area contributed by atoms with Gasteiger partial charge in [0, 0.05) is 25.7 Å². The van der Waals surface area contributed by atoms with Crippen LogP contribution in [0.2, 0.25) is 0 Å². The number of aliphatic hydroxyl groups excluding tert-OH is 1. The van der Waals surface area contributed by atoms with Gasteiger partial charge in [-0.1, -0.05) is 311 Å². The molecule has 0 heterocycles. The molecule has 89 heavy (non-hydrogen) atoms. The lowest BCUT2D eigenvalue weighted by Gasteiger charge is -2.21.